The molecule has 0 bridgehead atoms. The Kier molecular flexibility index (Phi) is 6.92. The van der Waals surface area contributed by atoms with Crippen LogP contribution in [0, 0.1) is 11.3 Å². The molecule has 2 rings (SSSR count). The summed E-state index contributed by atoms with van der Waals surface area (Å²) in [6, 6.07) is 9.10. The van der Waals surface area contributed by atoms with Crippen molar-refractivity contribution >= 4 is 37.4 Å². The molecule has 0 aliphatic heterocycles. The predicted molar refractivity (Wildman–Crippen MR) is 108 cm³/mol. The summed E-state index contributed by atoms with van der Waals surface area (Å²) in [5, 5.41) is 19.0. The molecule has 6 nitrogen and oxygen atoms in total. The third-order valence-electron chi connectivity index (χ3n) is 4.18. The molecule has 0 aromatic heterocycles. The first-order valence-electron chi connectivity index (χ1n) is 8.30. The van der Waals surface area contributed by atoms with E-state index in [2.05, 4.69) is 0 Å². The third kappa shape index (κ3) is 5.86. The van der Waals surface area contributed by atoms with Crippen LogP contribution in [0.5, 0.6) is 0 Å². The number of alkyl halides is 3. The van der Waals surface area contributed by atoms with Crippen molar-refractivity contribution in [2.24, 2.45) is 0 Å². The van der Waals surface area contributed by atoms with Gasteiger partial charge in [-0.15, -0.1) is 0 Å². The molecule has 1 atom stereocenters. The molecular weight excluding hydrogens is 479 g/mol. The Morgan fingerprint density at radius 1 is 1.06 bits per heavy atom. The van der Waals surface area contributed by atoms with Gasteiger partial charge in [-0.3, -0.25) is 0 Å². The van der Waals surface area contributed by atoms with Crippen LogP contribution >= 0.6 is 11.6 Å². The fourth-order valence-electron chi connectivity index (χ4n) is 2.45. The van der Waals surface area contributed by atoms with Crippen molar-refractivity contribution in [2.75, 3.05) is 12.0 Å². The maximum atomic E-state index is 13.6. The summed E-state index contributed by atoms with van der Waals surface area (Å²) < 4.78 is 88.6. The minimum Gasteiger partial charge on any atom is -0.376 e. The molecule has 0 saturated heterocycles. The fourth-order valence-corrected chi connectivity index (χ4v) is 4.87. The number of hydrogen-bond acceptors (Lipinski definition) is 6. The molecule has 0 aliphatic carbocycles. The fraction of sp³-hybridized carbons (Fsp3) is 0.211. The van der Waals surface area contributed by atoms with Gasteiger partial charge >= 0.3 is 6.18 Å². The molecule has 0 amide bonds. The third-order valence-corrected chi connectivity index (χ3v) is 7.43. The molecule has 0 spiro atoms. The Balaban J connectivity index is 2.42. The first kappa shape index (κ1) is 24.9. The molecule has 0 radical (unpaired) electrons. The SMILES string of the molecule is CS(=O)(=O)c1ccc(S(=O)(=O)C[C@@](O)(/C=C/c2ccc(C#N)c(Cl)c2)C(F)(F)F)cc1. The van der Waals surface area contributed by atoms with Crippen molar-refractivity contribution in [2.45, 2.75) is 21.6 Å². The van der Waals surface area contributed by atoms with Crippen LogP contribution in [0.25, 0.3) is 6.08 Å². The summed E-state index contributed by atoms with van der Waals surface area (Å²) in [6.45, 7) is 0. The maximum absolute atomic E-state index is 13.6. The number of halogens is 4. The first-order chi connectivity index (χ1) is 14.1. The number of hydrogen-bond donors (Lipinski definition) is 1. The predicted octanol–water partition coefficient (Wildman–Crippen LogP) is 3.40. The van der Waals surface area contributed by atoms with Gasteiger partial charge in [-0.05, 0) is 48.0 Å². The average Bonchev–Trinajstić information content (AvgIpc) is 2.65. The number of benzene rings is 2. The van der Waals surface area contributed by atoms with Crippen molar-refractivity contribution in [3.05, 3.63) is 64.7 Å². The first-order valence-corrected chi connectivity index (χ1v) is 12.2. The Morgan fingerprint density at radius 3 is 2.06 bits per heavy atom. The van der Waals surface area contributed by atoms with Crippen molar-refractivity contribution in [3.8, 4) is 6.07 Å². The van der Waals surface area contributed by atoms with Gasteiger partial charge in [0.2, 0.25) is 0 Å². The van der Waals surface area contributed by atoms with Gasteiger partial charge in [0.1, 0.15) is 6.07 Å². The number of nitrogens with zero attached hydrogens (tertiary/aromatic N) is 1. The van der Waals surface area contributed by atoms with E-state index in [-0.39, 0.29) is 27.1 Å². The van der Waals surface area contributed by atoms with Crippen LogP contribution in [-0.2, 0) is 19.7 Å². The van der Waals surface area contributed by atoms with Gasteiger partial charge in [0.15, 0.2) is 25.3 Å². The lowest BCUT2D eigenvalue weighted by Gasteiger charge is -2.27. The summed E-state index contributed by atoms with van der Waals surface area (Å²) >= 11 is 5.82. The van der Waals surface area contributed by atoms with Gasteiger partial charge in [0.25, 0.3) is 0 Å². The number of nitriles is 1. The normalized spacial score (nSPS) is 14.9. The summed E-state index contributed by atoms with van der Waals surface area (Å²) in [6.07, 6.45) is -3.34. The van der Waals surface area contributed by atoms with Crippen molar-refractivity contribution in [1.82, 2.24) is 0 Å². The minimum absolute atomic E-state index is 0.0289. The van der Waals surface area contributed by atoms with E-state index >= 15 is 0 Å². The Morgan fingerprint density at radius 2 is 1.61 bits per heavy atom. The zero-order valence-electron chi connectivity index (χ0n) is 15.8. The summed E-state index contributed by atoms with van der Waals surface area (Å²) in [5.41, 5.74) is -3.56. The minimum atomic E-state index is -5.35. The number of rotatable bonds is 6. The van der Waals surface area contributed by atoms with Crippen LogP contribution in [0.1, 0.15) is 11.1 Å². The average molecular weight is 494 g/mol. The second kappa shape index (κ2) is 8.63. The van der Waals surface area contributed by atoms with E-state index in [0.29, 0.717) is 0 Å². The molecular formula is C19H15ClF3NO5S2. The van der Waals surface area contributed by atoms with Gasteiger partial charge < -0.3 is 5.11 Å². The van der Waals surface area contributed by atoms with E-state index in [1.807, 2.05) is 0 Å². The van der Waals surface area contributed by atoms with Crippen LogP contribution in [-0.4, -0.2) is 45.7 Å². The highest BCUT2D eigenvalue weighted by atomic mass is 35.5. The zero-order chi connectivity index (χ0) is 23.7. The lowest BCUT2D eigenvalue weighted by Crippen LogP contribution is -2.48. The van der Waals surface area contributed by atoms with Gasteiger partial charge in [-0.25, -0.2) is 16.8 Å². The highest BCUT2D eigenvalue weighted by Gasteiger charge is 2.54. The number of aliphatic hydroxyl groups is 1. The van der Waals surface area contributed by atoms with E-state index in [1.165, 1.54) is 18.2 Å². The zero-order valence-corrected chi connectivity index (χ0v) is 18.1. The molecule has 12 heteroatoms. The second-order valence-electron chi connectivity index (χ2n) is 6.61. The summed E-state index contributed by atoms with van der Waals surface area (Å²) in [5.74, 6) is -1.73. The molecule has 2 aromatic carbocycles. The molecule has 0 saturated carbocycles. The monoisotopic (exact) mass is 493 g/mol. The van der Waals surface area contributed by atoms with E-state index < -0.39 is 42.1 Å². The van der Waals surface area contributed by atoms with E-state index in [9.17, 15) is 35.1 Å². The van der Waals surface area contributed by atoms with Crippen LogP contribution in [0.4, 0.5) is 13.2 Å². The standard InChI is InChI=1S/C19H15ClF3NO5S2/c1-30(26,27)15-4-6-16(7-5-15)31(28,29)12-18(25,19(21,22)23)9-8-13-2-3-14(11-24)17(20)10-13/h2-10,25H,12H2,1H3/b9-8+/t18-/m0/s1. The Hall–Kier alpha value is -2.39. The lowest BCUT2D eigenvalue weighted by atomic mass is 10.0. The molecule has 0 aliphatic rings. The second-order valence-corrected chi connectivity index (χ2v) is 11.0. The topological polar surface area (TPSA) is 112 Å². The van der Waals surface area contributed by atoms with Crippen molar-refractivity contribution in [3.63, 3.8) is 0 Å². The van der Waals surface area contributed by atoms with E-state index in [0.717, 1.165) is 36.6 Å². The molecule has 1 N–H and O–H groups in total. The molecule has 2 aromatic rings. The van der Waals surface area contributed by atoms with Crippen LogP contribution in [0.15, 0.2) is 58.3 Å². The van der Waals surface area contributed by atoms with Crippen molar-refractivity contribution < 1.29 is 35.1 Å². The van der Waals surface area contributed by atoms with E-state index in [4.69, 9.17) is 16.9 Å². The molecule has 0 fully saturated rings. The highest BCUT2D eigenvalue weighted by Crippen LogP contribution is 2.35. The Labute approximate surface area is 182 Å². The summed E-state index contributed by atoms with van der Waals surface area (Å²) in [7, 11) is -8.31. The van der Waals surface area contributed by atoms with Crippen LogP contribution in [0.2, 0.25) is 5.02 Å². The van der Waals surface area contributed by atoms with Gasteiger partial charge in [0, 0.05) is 6.26 Å². The van der Waals surface area contributed by atoms with E-state index in [1.54, 1.807) is 6.07 Å². The maximum Gasteiger partial charge on any atom is 0.421 e. The van der Waals surface area contributed by atoms with Crippen LogP contribution in [0.3, 0.4) is 0 Å². The van der Waals surface area contributed by atoms with Gasteiger partial charge in [0.05, 0.1) is 26.1 Å². The quantitative estimate of drug-likeness (QED) is 0.660. The smallest absolute Gasteiger partial charge is 0.376 e. The Bertz CT molecular complexity index is 1270. The van der Waals surface area contributed by atoms with Crippen LogP contribution < -0.4 is 0 Å². The largest absolute Gasteiger partial charge is 0.421 e. The number of sulfone groups is 2. The highest BCUT2D eigenvalue weighted by molar-refractivity contribution is 7.91. The van der Waals surface area contributed by atoms with Crippen molar-refractivity contribution in [1.29, 1.82) is 5.26 Å². The van der Waals surface area contributed by atoms with Gasteiger partial charge in [-0.1, -0.05) is 23.7 Å². The lowest BCUT2D eigenvalue weighted by molar-refractivity contribution is -0.230. The molecule has 166 valence electrons. The van der Waals surface area contributed by atoms with Gasteiger partial charge in [-0.2, -0.15) is 18.4 Å². The molecule has 0 unspecified atom stereocenters. The molecule has 31 heavy (non-hydrogen) atoms. The summed E-state index contributed by atoms with van der Waals surface area (Å²) in [4.78, 5) is -0.799. The molecule has 0 heterocycles.